The van der Waals surface area contributed by atoms with Crippen molar-refractivity contribution < 1.29 is 9.47 Å². The van der Waals surface area contributed by atoms with Gasteiger partial charge in [0.15, 0.2) is 0 Å². The molecule has 1 aliphatic carbocycles. The van der Waals surface area contributed by atoms with Crippen molar-refractivity contribution in [1.82, 2.24) is 4.90 Å². The van der Waals surface area contributed by atoms with Crippen LogP contribution in [-0.4, -0.2) is 39.8 Å². The van der Waals surface area contributed by atoms with Crippen molar-refractivity contribution in [2.75, 3.05) is 34.9 Å². The lowest BCUT2D eigenvalue weighted by molar-refractivity contribution is 0.414. The summed E-state index contributed by atoms with van der Waals surface area (Å²) in [6.45, 7) is 1.02. The normalized spacial score (nSPS) is 12.4. The van der Waals surface area contributed by atoms with Gasteiger partial charge in [0.25, 0.3) is 0 Å². The summed E-state index contributed by atoms with van der Waals surface area (Å²) in [5.74, 6) is 1.75. The smallest absolute Gasteiger partial charge is 0.119 e. The molecule has 0 saturated heterocycles. The van der Waals surface area contributed by atoms with Crippen LogP contribution in [0.4, 0.5) is 0 Å². The first-order valence-electron chi connectivity index (χ1n) is 8.52. The van der Waals surface area contributed by atoms with Gasteiger partial charge in [0.2, 0.25) is 0 Å². The van der Waals surface area contributed by atoms with Crippen molar-refractivity contribution in [2.24, 2.45) is 0 Å². The first-order chi connectivity index (χ1) is 12.1. The van der Waals surface area contributed by atoms with Crippen LogP contribution in [0.15, 0.2) is 42.5 Å². The average Bonchev–Trinajstić information content (AvgIpc) is 2.77. The van der Waals surface area contributed by atoms with Crippen molar-refractivity contribution in [3.05, 3.63) is 64.7 Å². The third-order valence-electron chi connectivity index (χ3n) is 4.47. The Morgan fingerprint density at radius 2 is 1.36 bits per heavy atom. The van der Waals surface area contributed by atoms with Crippen LogP contribution in [0.3, 0.4) is 0 Å². The predicted molar refractivity (Wildman–Crippen MR) is 105 cm³/mol. The van der Waals surface area contributed by atoms with Gasteiger partial charge in [0.1, 0.15) is 11.5 Å². The topological polar surface area (TPSA) is 21.7 Å². The highest BCUT2D eigenvalue weighted by Crippen LogP contribution is 2.37. The Morgan fingerprint density at radius 1 is 0.840 bits per heavy atom. The van der Waals surface area contributed by atoms with Gasteiger partial charge in [-0.15, -0.1) is 0 Å². The Morgan fingerprint density at radius 3 is 1.80 bits per heavy atom. The van der Waals surface area contributed by atoms with E-state index in [-0.39, 0.29) is 0 Å². The molecule has 25 heavy (non-hydrogen) atoms. The number of rotatable bonds is 5. The van der Waals surface area contributed by atoms with Crippen LogP contribution in [0.5, 0.6) is 11.5 Å². The number of hydrogen-bond donors (Lipinski definition) is 0. The molecular formula is C22H25NO2. The lowest BCUT2D eigenvalue weighted by atomic mass is 9.92. The molecule has 2 aromatic carbocycles. The van der Waals surface area contributed by atoms with E-state index in [2.05, 4.69) is 61.5 Å². The molecule has 0 aliphatic heterocycles. The molecule has 0 atom stereocenters. The van der Waals surface area contributed by atoms with Gasteiger partial charge in [-0.1, -0.05) is 30.4 Å². The van der Waals surface area contributed by atoms with Gasteiger partial charge in [-0.25, -0.2) is 0 Å². The minimum Gasteiger partial charge on any atom is -0.497 e. The van der Waals surface area contributed by atoms with Gasteiger partial charge in [-0.2, -0.15) is 0 Å². The van der Waals surface area contributed by atoms with E-state index in [4.69, 9.17) is 9.47 Å². The molecule has 3 nitrogen and oxygen atoms in total. The maximum Gasteiger partial charge on any atom is 0.119 e. The summed E-state index contributed by atoms with van der Waals surface area (Å²) in [4.78, 5) is 2.20. The van der Waals surface area contributed by atoms with Gasteiger partial charge in [0, 0.05) is 6.54 Å². The summed E-state index contributed by atoms with van der Waals surface area (Å²) in [5, 5.41) is 0. The second kappa shape index (κ2) is 7.58. The third-order valence-corrected chi connectivity index (χ3v) is 4.47. The van der Waals surface area contributed by atoms with Crippen molar-refractivity contribution >= 4 is 17.7 Å². The van der Waals surface area contributed by atoms with Crippen molar-refractivity contribution in [1.29, 1.82) is 0 Å². The molecule has 0 N–H and O–H groups in total. The zero-order valence-electron chi connectivity index (χ0n) is 15.4. The van der Waals surface area contributed by atoms with E-state index in [0.29, 0.717) is 0 Å². The Hall–Kier alpha value is -2.52. The largest absolute Gasteiger partial charge is 0.497 e. The van der Waals surface area contributed by atoms with E-state index in [1.807, 2.05) is 12.1 Å². The number of methoxy groups -OCH3 is 2. The Kier molecular flexibility index (Phi) is 5.25. The highest BCUT2D eigenvalue weighted by atomic mass is 16.5. The number of nitrogens with zero attached hydrogens (tertiary/aromatic N) is 1. The predicted octanol–water partition coefficient (Wildman–Crippen LogP) is 4.57. The van der Waals surface area contributed by atoms with Crippen LogP contribution >= 0.6 is 0 Å². The molecule has 130 valence electrons. The minimum absolute atomic E-state index is 0.875. The lowest BCUT2D eigenvalue weighted by Gasteiger charge is -2.15. The molecule has 0 unspecified atom stereocenters. The first kappa shape index (κ1) is 17.3. The molecule has 0 fully saturated rings. The molecule has 3 heteroatoms. The molecular weight excluding hydrogens is 310 g/mol. The van der Waals surface area contributed by atoms with E-state index in [1.165, 1.54) is 27.8 Å². The molecule has 3 rings (SSSR count). The van der Waals surface area contributed by atoms with Crippen LogP contribution in [0, 0.1) is 0 Å². The van der Waals surface area contributed by atoms with E-state index >= 15 is 0 Å². The molecule has 0 bridgehead atoms. The molecule has 2 aromatic rings. The van der Waals surface area contributed by atoms with Crippen molar-refractivity contribution in [3.8, 4) is 11.5 Å². The Labute approximate surface area is 150 Å². The van der Waals surface area contributed by atoms with Gasteiger partial charge in [-0.05, 0) is 72.6 Å². The number of fused-ring (bicyclic) bond motifs is 2. The van der Waals surface area contributed by atoms with Gasteiger partial charge in [0.05, 0.1) is 14.2 Å². The fraction of sp³-hybridized carbons (Fsp3) is 0.273. The summed E-state index contributed by atoms with van der Waals surface area (Å²) >= 11 is 0. The maximum absolute atomic E-state index is 5.40. The fourth-order valence-corrected chi connectivity index (χ4v) is 3.11. The molecule has 0 aromatic heterocycles. The second-order valence-electron chi connectivity index (χ2n) is 6.45. The quantitative estimate of drug-likeness (QED) is 0.682. The monoisotopic (exact) mass is 335 g/mol. The summed E-state index contributed by atoms with van der Waals surface area (Å²) in [6, 6.07) is 12.5. The minimum atomic E-state index is 0.875. The molecule has 0 amide bonds. The van der Waals surface area contributed by atoms with E-state index in [1.54, 1.807) is 14.2 Å². The summed E-state index contributed by atoms with van der Waals surface area (Å²) in [7, 11) is 7.61. The van der Waals surface area contributed by atoms with Gasteiger partial charge >= 0.3 is 0 Å². The highest BCUT2D eigenvalue weighted by molar-refractivity contribution is 5.94. The molecule has 0 heterocycles. The van der Waals surface area contributed by atoms with Crippen molar-refractivity contribution in [3.63, 3.8) is 0 Å². The van der Waals surface area contributed by atoms with Crippen LogP contribution in [0.1, 0.15) is 28.7 Å². The number of hydrogen-bond acceptors (Lipinski definition) is 3. The van der Waals surface area contributed by atoms with Gasteiger partial charge in [-0.3, -0.25) is 0 Å². The second-order valence-corrected chi connectivity index (χ2v) is 6.45. The zero-order chi connectivity index (χ0) is 17.8. The molecule has 0 saturated carbocycles. The van der Waals surface area contributed by atoms with E-state index in [0.717, 1.165) is 24.5 Å². The maximum atomic E-state index is 5.40. The van der Waals surface area contributed by atoms with Crippen LogP contribution in [0.2, 0.25) is 0 Å². The summed E-state index contributed by atoms with van der Waals surface area (Å²) in [6.07, 6.45) is 7.65. The first-order valence-corrected chi connectivity index (χ1v) is 8.52. The average molecular weight is 335 g/mol. The standard InChI is InChI=1S/C22H25NO2/c1-23(2)13-5-6-22-20-11-9-18(24-3)14-16(20)7-8-17-15-19(25-4)10-12-21(17)22/h6-12,14-15H,5,13H2,1-4H3. The summed E-state index contributed by atoms with van der Waals surface area (Å²) < 4.78 is 10.8. The van der Waals surface area contributed by atoms with E-state index in [9.17, 15) is 0 Å². The third kappa shape index (κ3) is 3.77. The molecule has 1 aliphatic rings. The number of benzene rings is 2. The molecule has 0 spiro atoms. The zero-order valence-corrected chi connectivity index (χ0v) is 15.4. The number of ether oxygens (including phenoxy) is 2. The van der Waals surface area contributed by atoms with Crippen LogP contribution in [-0.2, 0) is 0 Å². The van der Waals surface area contributed by atoms with Crippen LogP contribution < -0.4 is 9.47 Å². The highest BCUT2D eigenvalue weighted by Gasteiger charge is 2.16. The Balaban J connectivity index is 2.13. The summed E-state index contributed by atoms with van der Waals surface area (Å²) in [5.41, 5.74) is 6.08. The Bertz CT molecular complexity index is 759. The van der Waals surface area contributed by atoms with Crippen LogP contribution in [0.25, 0.3) is 17.7 Å². The van der Waals surface area contributed by atoms with Gasteiger partial charge < -0.3 is 14.4 Å². The molecule has 0 radical (unpaired) electrons. The van der Waals surface area contributed by atoms with Crippen molar-refractivity contribution in [2.45, 2.75) is 6.42 Å². The SMILES string of the molecule is COc1ccc2c(c1)C=Cc1cc(OC)ccc1C2=CCCN(C)C. The lowest BCUT2D eigenvalue weighted by Crippen LogP contribution is -2.12. The fourth-order valence-electron chi connectivity index (χ4n) is 3.11. The van der Waals surface area contributed by atoms with E-state index < -0.39 is 0 Å².